The molecule has 0 radical (unpaired) electrons. The van der Waals surface area contributed by atoms with Crippen molar-refractivity contribution in [2.75, 3.05) is 6.61 Å². The average Bonchev–Trinajstić information content (AvgIpc) is 2.79. The van der Waals surface area contributed by atoms with Crippen LogP contribution in [-0.2, 0) is 11.2 Å². The van der Waals surface area contributed by atoms with Crippen LogP contribution in [0.25, 0.3) is 0 Å². The number of hydrogen-bond acceptors (Lipinski definition) is 6. The minimum absolute atomic E-state index is 0.170. The van der Waals surface area contributed by atoms with Crippen LogP contribution >= 0.6 is 0 Å². The van der Waals surface area contributed by atoms with E-state index in [4.69, 9.17) is 15.6 Å². The third kappa shape index (κ3) is 2.82. The van der Waals surface area contributed by atoms with Crippen LogP contribution in [0, 0.1) is 0 Å². The predicted octanol–water partition coefficient (Wildman–Crippen LogP) is -1.81. The van der Waals surface area contributed by atoms with Gasteiger partial charge in [-0.3, -0.25) is 14.3 Å². The maximum Gasteiger partial charge on any atom is 0.330 e. The number of hydrogen-bond donors (Lipinski definition) is 4. The molecule has 1 aromatic rings. The van der Waals surface area contributed by atoms with Crippen LogP contribution in [0.1, 0.15) is 18.2 Å². The highest BCUT2D eigenvalue weighted by molar-refractivity contribution is 5.09. The fourth-order valence-electron chi connectivity index (χ4n) is 2.13. The second-order valence-corrected chi connectivity index (χ2v) is 4.57. The van der Waals surface area contributed by atoms with Gasteiger partial charge in [0.15, 0.2) is 0 Å². The Kier molecular flexibility index (Phi) is 4.38. The zero-order valence-electron chi connectivity index (χ0n) is 10.7. The molecule has 0 saturated carbocycles. The Balaban J connectivity index is 2.32. The SMILES string of the molecule is N/C=C/Cc1cn([C@H]2C[C@H](O)[C@@H](CO)O2)c(=O)[nH]c1=O. The first kappa shape index (κ1) is 14.5. The van der Waals surface area contributed by atoms with Crippen LogP contribution in [-0.4, -0.2) is 38.6 Å². The zero-order chi connectivity index (χ0) is 14.7. The molecule has 110 valence electrons. The number of aliphatic hydroxyl groups excluding tert-OH is 2. The van der Waals surface area contributed by atoms with Gasteiger partial charge in [-0.15, -0.1) is 0 Å². The number of nitrogens with two attached hydrogens (primary N) is 1. The van der Waals surface area contributed by atoms with Gasteiger partial charge in [0, 0.05) is 18.2 Å². The van der Waals surface area contributed by atoms with E-state index in [1.165, 1.54) is 17.0 Å². The van der Waals surface area contributed by atoms with E-state index in [2.05, 4.69) is 4.98 Å². The van der Waals surface area contributed by atoms with Gasteiger partial charge in [0.1, 0.15) is 12.3 Å². The lowest BCUT2D eigenvalue weighted by Crippen LogP contribution is -2.34. The van der Waals surface area contributed by atoms with Crippen molar-refractivity contribution < 1.29 is 14.9 Å². The summed E-state index contributed by atoms with van der Waals surface area (Å²) in [6, 6.07) is 0. The van der Waals surface area contributed by atoms with Gasteiger partial charge < -0.3 is 20.7 Å². The minimum atomic E-state index is -0.851. The number of rotatable bonds is 4. The normalized spacial score (nSPS) is 26.4. The van der Waals surface area contributed by atoms with E-state index in [1.54, 1.807) is 6.08 Å². The first-order chi connectivity index (χ1) is 9.56. The number of aromatic amines is 1. The predicted molar refractivity (Wildman–Crippen MR) is 70.0 cm³/mol. The third-order valence-electron chi connectivity index (χ3n) is 3.21. The molecule has 1 aliphatic rings. The largest absolute Gasteiger partial charge is 0.405 e. The molecule has 1 aliphatic heterocycles. The molecule has 2 heterocycles. The van der Waals surface area contributed by atoms with Gasteiger partial charge >= 0.3 is 5.69 Å². The number of nitrogens with one attached hydrogen (secondary N) is 1. The van der Waals surface area contributed by atoms with Crippen LogP contribution in [0.5, 0.6) is 0 Å². The number of aromatic nitrogens is 2. The van der Waals surface area contributed by atoms with Crippen LogP contribution in [0.15, 0.2) is 28.1 Å². The Morgan fingerprint density at radius 3 is 2.90 bits per heavy atom. The van der Waals surface area contributed by atoms with Gasteiger partial charge in [0.05, 0.1) is 12.7 Å². The van der Waals surface area contributed by atoms with Crippen molar-refractivity contribution in [3.63, 3.8) is 0 Å². The molecular weight excluding hydrogens is 266 g/mol. The van der Waals surface area contributed by atoms with E-state index in [0.717, 1.165) is 0 Å². The fraction of sp³-hybridized carbons (Fsp3) is 0.500. The Bertz CT molecular complexity index is 606. The highest BCUT2D eigenvalue weighted by Gasteiger charge is 2.35. The number of allylic oxidation sites excluding steroid dienone is 1. The number of H-pyrrole nitrogens is 1. The molecule has 5 N–H and O–H groups in total. The average molecular weight is 283 g/mol. The van der Waals surface area contributed by atoms with Crippen LogP contribution in [0.2, 0.25) is 0 Å². The van der Waals surface area contributed by atoms with Crippen molar-refractivity contribution in [2.24, 2.45) is 5.73 Å². The molecule has 0 bridgehead atoms. The fourth-order valence-corrected chi connectivity index (χ4v) is 2.13. The topological polar surface area (TPSA) is 131 Å². The lowest BCUT2D eigenvalue weighted by molar-refractivity contribution is -0.0459. The van der Waals surface area contributed by atoms with Gasteiger partial charge in [-0.1, -0.05) is 6.08 Å². The molecule has 0 amide bonds. The lowest BCUT2D eigenvalue weighted by Gasteiger charge is -2.15. The standard InChI is InChI=1S/C12H17N3O5/c13-3-1-2-7-5-15(12(19)14-11(7)18)10-4-8(17)9(6-16)20-10/h1,3,5,8-10,16-17H,2,4,6,13H2,(H,14,18,19)/b3-1+/t8-,9+,10+/m0/s1. The molecule has 1 saturated heterocycles. The van der Waals surface area contributed by atoms with Crippen molar-refractivity contribution in [3.8, 4) is 0 Å². The van der Waals surface area contributed by atoms with Gasteiger partial charge in [-0.25, -0.2) is 4.79 Å². The quantitative estimate of drug-likeness (QED) is 0.515. The second-order valence-electron chi connectivity index (χ2n) is 4.57. The van der Waals surface area contributed by atoms with E-state index in [1.807, 2.05) is 0 Å². The van der Waals surface area contributed by atoms with Gasteiger partial charge in [0.2, 0.25) is 0 Å². The molecule has 1 aromatic heterocycles. The zero-order valence-corrected chi connectivity index (χ0v) is 10.7. The van der Waals surface area contributed by atoms with Crippen LogP contribution < -0.4 is 17.0 Å². The molecule has 1 fully saturated rings. The Hall–Kier alpha value is -1.90. The van der Waals surface area contributed by atoms with Gasteiger partial charge in [0.25, 0.3) is 5.56 Å². The third-order valence-corrected chi connectivity index (χ3v) is 3.21. The molecule has 8 heteroatoms. The molecule has 2 rings (SSSR count). The van der Waals surface area contributed by atoms with Crippen LogP contribution in [0.3, 0.4) is 0 Å². The van der Waals surface area contributed by atoms with Crippen molar-refractivity contribution >= 4 is 0 Å². The Labute approximate surface area is 114 Å². The Morgan fingerprint density at radius 2 is 2.30 bits per heavy atom. The van der Waals surface area contributed by atoms with Crippen molar-refractivity contribution in [2.45, 2.75) is 31.3 Å². The first-order valence-corrected chi connectivity index (χ1v) is 6.22. The molecule has 20 heavy (non-hydrogen) atoms. The van der Waals surface area contributed by atoms with E-state index in [0.29, 0.717) is 5.56 Å². The lowest BCUT2D eigenvalue weighted by atomic mass is 10.2. The smallest absolute Gasteiger partial charge is 0.330 e. The minimum Gasteiger partial charge on any atom is -0.405 e. The summed E-state index contributed by atoms with van der Waals surface area (Å²) in [5.74, 6) is 0. The van der Waals surface area contributed by atoms with E-state index < -0.39 is 29.7 Å². The summed E-state index contributed by atoms with van der Waals surface area (Å²) >= 11 is 0. The number of nitrogens with zero attached hydrogens (tertiary/aromatic N) is 1. The van der Waals surface area contributed by atoms with E-state index in [9.17, 15) is 14.7 Å². The van der Waals surface area contributed by atoms with Crippen molar-refractivity contribution in [1.29, 1.82) is 0 Å². The number of aliphatic hydroxyl groups is 2. The summed E-state index contributed by atoms with van der Waals surface area (Å²) in [5.41, 5.74) is 4.48. The van der Waals surface area contributed by atoms with E-state index >= 15 is 0 Å². The molecular formula is C12H17N3O5. The molecule has 0 spiro atoms. The van der Waals surface area contributed by atoms with Gasteiger partial charge in [-0.2, -0.15) is 0 Å². The van der Waals surface area contributed by atoms with Crippen LogP contribution in [0.4, 0.5) is 0 Å². The van der Waals surface area contributed by atoms with E-state index in [-0.39, 0.29) is 19.4 Å². The summed E-state index contributed by atoms with van der Waals surface area (Å²) in [7, 11) is 0. The highest BCUT2D eigenvalue weighted by atomic mass is 16.5. The van der Waals surface area contributed by atoms with Gasteiger partial charge in [-0.05, 0) is 12.6 Å². The summed E-state index contributed by atoms with van der Waals surface area (Å²) in [6.07, 6.45) is 2.44. The summed E-state index contributed by atoms with van der Waals surface area (Å²) < 4.78 is 6.60. The monoisotopic (exact) mass is 283 g/mol. The summed E-state index contributed by atoms with van der Waals surface area (Å²) in [6.45, 7) is -0.335. The maximum atomic E-state index is 11.8. The molecule has 0 aromatic carbocycles. The Morgan fingerprint density at radius 1 is 1.55 bits per heavy atom. The summed E-state index contributed by atoms with van der Waals surface area (Å²) in [5, 5.41) is 18.7. The highest BCUT2D eigenvalue weighted by Crippen LogP contribution is 2.27. The van der Waals surface area contributed by atoms with Crippen molar-refractivity contribution in [1.82, 2.24) is 9.55 Å². The molecule has 8 nitrogen and oxygen atoms in total. The van der Waals surface area contributed by atoms with Crippen molar-refractivity contribution in [3.05, 3.63) is 44.9 Å². The molecule has 3 atom stereocenters. The number of ether oxygens (including phenoxy) is 1. The maximum absolute atomic E-state index is 11.8. The summed E-state index contributed by atoms with van der Waals surface area (Å²) in [4.78, 5) is 25.6. The second kappa shape index (κ2) is 6.04. The first-order valence-electron chi connectivity index (χ1n) is 6.22. The molecule has 0 unspecified atom stereocenters. The molecule has 0 aliphatic carbocycles.